The predicted octanol–water partition coefficient (Wildman–Crippen LogP) is 3.07. The molecule has 2 aromatic heterocycles. The summed E-state index contributed by atoms with van der Waals surface area (Å²) in [4.78, 5) is 11.5. The second kappa shape index (κ2) is 6.71. The van der Waals surface area contributed by atoms with Gasteiger partial charge in [0, 0.05) is 18.6 Å². The molecule has 116 valence electrons. The summed E-state index contributed by atoms with van der Waals surface area (Å²) in [5.41, 5.74) is 1.47. The number of rotatable bonds is 3. The number of amidine groups is 1. The number of aromatic nitrogens is 2. The number of hydroxylamine groups is 1. The maximum Gasteiger partial charge on any atom is 0.417 e. The highest BCUT2D eigenvalue weighted by atomic mass is 35.5. The van der Waals surface area contributed by atoms with Crippen molar-refractivity contribution < 1.29 is 18.4 Å². The molecule has 0 saturated carbocycles. The first-order valence-electron chi connectivity index (χ1n) is 5.98. The zero-order valence-corrected chi connectivity index (χ0v) is 11.7. The van der Waals surface area contributed by atoms with Gasteiger partial charge in [0.15, 0.2) is 5.84 Å². The van der Waals surface area contributed by atoms with E-state index >= 15 is 0 Å². The molecule has 5 nitrogen and oxygen atoms in total. The molecule has 0 aliphatic carbocycles. The predicted molar refractivity (Wildman–Crippen MR) is 73.6 cm³/mol. The van der Waals surface area contributed by atoms with Gasteiger partial charge in [-0.3, -0.25) is 25.6 Å². The Morgan fingerprint density at radius 2 is 2.14 bits per heavy atom. The van der Waals surface area contributed by atoms with Crippen molar-refractivity contribution in [1.82, 2.24) is 15.4 Å². The van der Waals surface area contributed by atoms with E-state index in [2.05, 4.69) is 15.0 Å². The van der Waals surface area contributed by atoms with Crippen molar-refractivity contribution >= 4 is 17.4 Å². The van der Waals surface area contributed by atoms with Gasteiger partial charge in [-0.15, -0.1) is 0 Å². The quantitative estimate of drug-likeness (QED) is 0.515. The Kier molecular flexibility index (Phi) is 4.94. The number of hydrogen-bond acceptors (Lipinski definition) is 4. The number of pyridine rings is 2. The third kappa shape index (κ3) is 3.92. The molecule has 2 rings (SSSR count). The lowest BCUT2D eigenvalue weighted by Gasteiger charge is -2.10. The summed E-state index contributed by atoms with van der Waals surface area (Å²) in [5, 5.41) is 8.82. The van der Waals surface area contributed by atoms with E-state index < -0.39 is 11.7 Å². The van der Waals surface area contributed by atoms with Gasteiger partial charge in [0.05, 0.1) is 17.1 Å². The molecule has 0 amide bonds. The third-order valence-corrected chi connectivity index (χ3v) is 2.93. The van der Waals surface area contributed by atoms with Crippen molar-refractivity contribution in [3.8, 4) is 0 Å². The zero-order valence-electron chi connectivity index (χ0n) is 11.0. The molecule has 0 fully saturated rings. The zero-order chi connectivity index (χ0) is 16.2. The molecule has 0 saturated heterocycles. The van der Waals surface area contributed by atoms with Crippen LogP contribution in [0.5, 0.6) is 0 Å². The van der Waals surface area contributed by atoms with Gasteiger partial charge in [-0.05, 0) is 17.7 Å². The van der Waals surface area contributed by atoms with Crippen LogP contribution in [0.4, 0.5) is 13.2 Å². The van der Waals surface area contributed by atoms with Gasteiger partial charge in [0.2, 0.25) is 0 Å². The van der Waals surface area contributed by atoms with Crippen LogP contribution in [0.15, 0.2) is 41.8 Å². The molecule has 9 heteroatoms. The molecule has 2 N–H and O–H groups in total. The number of nitrogens with one attached hydrogen (secondary N) is 1. The van der Waals surface area contributed by atoms with Crippen molar-refractivity contribution in [2.75, 3.05) is 0 Å². The van der Waals surface area contributed by atoms with Crippen molar-refractivity contribution in [2.24, 2.45) is 4.99 Å². The molecule has 0 unspecified atom stereocenters. The molecule has 0 bridgehead atoms. The fourth-order valence-corrected chi connectivity index (χ4v) is 1.85. The van der Waals surface area contributed by atoms with Gasteiger partial charge < -0.3 is 0 Å². The minimum atomic E-state index is -4.55. The average Bonchev–Trinajstić information content (AvgIpc) is 2.49. The van der Waals surface area contributed by atoms with Crippen molar-refractivity contribution in [1.29, 1.82) is 0 Å². The van der Waals surface area contributed by atoms with E-state index in [0.29, 0.717) is 6.20 Å². The fraction of sp³-hybridized carbons (Fsp3) is 0.154. The molecule has 2 heterocycles. The molecule has 0 radical (unpaired) electrons. The fourth-order valence-electron chi connectivity index (χ4n) is 1.59. The maximum absolute atomic E-state index is 12.6. The van der Waals surface area contributed by atoms with Gasteiger partial charge in [-0.1, -0.05) is 17.7 Å². The molecular weight excluding hydrogens is 321 g/mol. The Morgan fingerprint density at radius 1 is 1.36 bits per heavy atom. The maximum atomic E-state index is 12.6. The average molecular weight is 331 g/mol. The molecule has 0 aliphatic heterocycles. The van der Waals surface area contributed by atoms with Crippen LogP contribution in [-0.2, 0) is 12.7 Å². The summed E-state index contributed by atoms with van der Waals surface area (Å²) < 4.78 is 37.7. The summed E-state index contributed by atoms with van der Waals surface area (Å²) in [6.45, 7) is 0.149. The van der Waals surface area contributed by atoms with Gasteiger partial charge in [0.25, 0.3) is 0 Å². The minimum absolute atomic E-state index is 0.0824. The lowest BCUT2D eigenvalue weighted by atomic mass is 10.2. The van der Waals surface area contributed by atoms with E-state index in [1.54, 1.807) is 30.0 Å². The minimum Gasteiger partial charge on any atom is -0.290 e. The number of aliphatic imine (C=N–C) groups is 1. The van der Waals surface area contributed by atoms with Crippen LogP contribution >= 0.6 is 11.6 Å². The normalized spacial score (nSPS) is 12.3. The van der Waals surface area contributed by atoms with E-state index in [1.807, 2.05) is 0 Å². The van der Waals surface area contributed by atoms with Crippen molar-refractivity contribution in [3.05, 3.63) is 58.6 Å². The lowest BCUT2D eigenvalue weighted by molar-refractivity contribution is -0.137. The summed E-state index contributed by atoms with van der Waals surface area (Å²) >= 11 is 5.78. The molecule has 0 atom stereocenters. The highest BCUT2D eigenvalue weighted by molar-refractivity contribution is 6.33. The summed E-state index contributed by atoms with van der Waals surface area (Å²) in [7, 11) is 0. The Labute approximate surface area is 128 Å². The van der Waals surface area contributed by atoms with Crippen LogP contribution in [0, 0.1) is 0 Å². The first-order valence-corrected chi connectivity index (χ1v) is 6.36. The molecule has 0 spiro atoms. The van der Waals surface area contributed by atoms with Crippen molar-refractivity contribution in [3.63, 3.8) is 0 Å². The molecule has 0 aliphatic rings. The van der Waals surface area contributed by atoms with Crippen LogP contribution < -0.4 is 5.48 Å². The van der Waals surface area contributed by atoms with Crippen LogP contribution in [0.1, 0.15) is 16.8 Å². The molecular formula is C13H10ClF3N4O. The molecule has 0 aromatic carbocycles. The Hall–Kier alpha value is -2.19. The standard InChI is InChI=1S/C13H10ClF3N4O/c14-10-4-9(13(15,16)17)7-19-11(10)12(21-22)20-6-8-2-1-3-18-5-8/h1-5,7,22H,6H2,(H,20,21). The SMILES string of the molecule is ONC(=NCc1cccnc1)c1ncc(C(F)(F)F)cc1Cl. The smallest absolute Gasteiger partial charge is 0.290 e. The highest BCUT2D eigenvalue weighted by Gasteiger charge is 2.31. The number of halogens is 4. The van der Waals surface area contributed by atoms with Gasteiger partial charge in [-0.25, -0.2) is 0 Å². The van der Waals surface area contributed by atoms with Crippen LogP contribution in [0.25, 0.3) is 0 Å². The van der Waals surface area contributed by atoms with Crippen LogP contribution in [0.2, 0.25) is 5.02 Å². The third-order valence-electron chi connectivity index (χ3n) is 2.64. The van der Waals surface area contributed by atoms with E-state index in [-0.39, 0.29) is 23.1 Å². The van der Waals surface area contributed by atoms with E-state index in [9.17, 15) is 13.2 Å². The lowest BCUT2D eigenvalue weighted by Crippen LogP contribution is -2.23. The first-order chi connectivity index (χ1) is 10.4. The summed E-state index contributed by atoms with van der Waals surface area (Å²) in [5.74, 6) is -0.137. The second-order valence-electron chi connectivity index (χ2n) is 4.19. The molecule has 2 aromatic rings. The van der Waals surface area contributed by atoms with Gasteiger partial charge >= 0.3 is 6.18 Å². The molecule has 22 heavy (non-hydrogen) atoms. The van der Waals surface area contributed by atoms with Crippen molar-refractivity contribution in [2.45, 2.75) is 12.7 Å². The highest BCUT2D eigenvalue weighted by Crippen LogP contribution is 2.31. The largest absolute Gasteiger partial charge is 0.417 e. The van der Waals surface area contributed by atoms with Gasteiger partial charge in [-0.2, -0.15) is 13.2 Å². The monoisotopic (exact) mass is 330 g/mol. The second-order valence-corrected chi connectivity index (χ2v) is 4.60. The van der Waals surface area contributed by atoms with E-state index in [4.69, 9.17) is 16.8 Å². The number of hydrogen-bond donors (Lipinski definition) is 2. The first kappa shape index (κ1) is 16.2. The van der Waals surface area contributed by atoms with E-state index in [1.165, 1.54) is 0 Å². The van der Waals surface area contributed by atoms with Crippen LogP contribution in [-0.4, -0.2) is 21.0 Å². The van der Waals surface area contributed by atoms with Gasteiger partial charge in [0.1, 0.15) is 5.69 Å². The summed E-state index contributed by atoms with van der Waals surface area (Å²) in [6, 6.07) is 4.19. The van der Waals surface area contributed by atoms with Crippen LogP contribution in [0.3, 0.4) is 0 Å². The number of nitrogens with zero attached hydrogens (tertiary/aromatic N) is 3. The van der Waals surface area contributed by atoms with E-state index in [0.717, 1.165) is 11.6 Å². The Morgan fingerprint density at radius 3 is 2.68 bits per heavy atom. The number of alkyl halides is 3. The topological polar surface area (TPSA) is 70.4 Å². The Balaban J connectivity index is 2.28. The summed E-state index contributed by atoms with van der Waals surface area (Å²) in [6.07, 6.45) is -0.764. The Bertz CT molecular complexity index is 677.